The van der Waals surface area contributed by atoms with E-state index in [4.69, 9.17) is 9.47 Å². The Morgan fingerprint density at radius 3 is 3.17 bits per heavy atom. The van der Waals surface area contributed by atoms with E-state index in [-0.39, 0.29) is 5.56 Å². The molecule has 1 aromatic carbocycles. The molecule has 0 fully saturated rings. The van der Waals surface area contributed by atoms with Crippen LogP contribution in [0.4, 0.5) is 0 Å². The van der Waals surface area contributed by atoms with E-state index in [1.165, 1.54) is 0 Å². The molecule has 1 aliphatic rings. The van der Waals surface area contributed by atoms with E-state index in [1.807, 2.05) is 11.4 Å². The topological polar surface area (TPSA) is 71.9 Å². The summed E-state index contributed by atoms with van der Waals surface area (Å²) in [4.78, 5) is 18.1. The normalized spacial score (nSPS) is 14.8. The molecule has 1 N–H and O–H groups in total. The van der Waals surface area contributed by atoms with Gasteiger partial charge < -0.3 is 14.6 Å². The molecule has 7 heteroatoms. The van der Waals surface area contributed by atoms with Gasteiger partial charge in [0, 0.05) is 37.7 Å². The Balaban J connectivity index is 1.75. The fourth-order valence-electron chi connectivity index (χ4n) is 2.62. The van der Waals surface area contributed by atoms with Crippen molar-refractivity contribution in [1.29, 1.82) is 0 Å². The van der Waals surface area contributed by atoms with E-state index in [2.05, 4.69) is 9.88 Å². The Morgan fingerprint density at radius 1 is 1.52 bits per heavy atom. The Morgan fingerprint density at radius 2 is 2.39 bits per heavy atom. The van der Waals surface area contributed by atoms with Gasteiger partial charge in [0.2, 0.25) is 0 Å². The van der Waals surface area contributed by atoms with E-state index in [9.17, 15) is 9.90 Å². The van der Waals surface area contributed by atoms with Crippen LogP contribution in [0.3, 0.4) is 0 Å². The van der Waals surface area contributed by atoms with Crippen LogP contribution in [0.15, 0.2) is 23.6 Å². The fourth-order valence-corrected chi connectivity index (χ4v) is 3.38. The monoisotopic (exact) mass is 334 g/mol. The number of benzene rings is 1. The SMILES string of the molecule is COCc1nc(CN2CCOc3c(cccc3C(=O)O)C2)cs1. The van der Waals surface area contributed by atoms with Gasteiger partial charge in [0.25, 0.3) is 0 Å². The molecule has 1 aliphatic heterocycles. The predicted molar refractivity (Wildman–Crippen MR) is 85.8 cm³/mol. The molecule has 0 saturated heterocycles. The first kappa shape index (κ1) is 15.9. The number of fused-ring (bicyclic) bond motifs is 1. The minimum Gasteiger partial charge on any atom is -0.491 e. The van der Waals surface area contributed by atoms with Crippen LogP contribution in [-0.2, 0) is 24.4 Å². The van der Waals surface area contributed by atoms with Gasteiger partial charge in [-0.2, -0.15) is 0 Å². The molecule has 0 aliphatic carbocycles. The second kappa shape index (κ2) is 7.08. The van der Waals surface area contributed by atoms with Crippen molar-refractivity contribution in [3.8, 4) is 5.75 Å². The molecule has 1 aromatic heterocycles. The van der Waals surface area contributed by atoms with Crippen molar-refractivity contribution >= 4 is 17.3 Å². The maximum absolute atomic E-state index is 11.3. The van der Waals surface area contributed by atoms with E-state index < -0.39 is 5.97 Å². The van der Waals surface area contributed by atoms with Crippen LogP contribution in [0.5, 0.6) is 5.75 Å². The standard InChI is InChI=1S/C16H18N2O4S/c1-21-9-14-17-12(10-23-14)8-18-5-6-22-15-11(7-18)3-2-4-13(15)16(19)20/h2-4,10H,5-9H2,1H3,(H,19,20). The minimum absolute atomic E-state index is 0.223. The summed E-state index contributed by atoms with van der Waals surface area (Å²) < 4.78 is 10.8. The molecular formula is C16H18N2O4S. The van der Waals surface area contributed by atoms with Crippen molar-refractivity contribution in [2.45, 2.75) is 19.7 Å². The van der Waals surface area contributed by atoms with E-state index >= 15 is 0 Å². The molecule has 0 saturated carbocycles. The lowest BCUT2D eigenvalue weighted by molar-refractivity contribution is 0.0692. The molecule has 0 unspecified atom stereocenters. The van der Waals surface area contributed by atoms with Crippen LogP contribution in [0.1, 0.15) is 26.6 Å². The van der Waals surface area contributed by atoms with E-state index in [0.29, 0.717) is 32.1 Å². The molecule has 0 atom stereocenters. The number of aromatic carboxylic acids is 1. The lowest BCUT2D eigenvalue weighted by Gasteiger charge is -2.17. The number of hydrogen-bond acceptors (Lipinski definition) is 6. The minimum atomic E-state index is -0.959. The Bertz CT molecular complexity index is 701. The largest absolute Gasteiger partial charge is 0.491 e. The van der Waals surface area contributed by atoms with Gasteiger partial charge >= 0.3 is 5.97 Å². The highest BCUT2D eigenvalue weighted by Crippen LogP contribution is 2.28. The lowest BCUT2D eigenvalue weighted by Crippen LogP contribution is -2.25. The number of carboxylic acids is 1. The first-order chi connectivity index (χ1) is 11.2. The molecule has 23 heavy (non-hydrogen) atoms. The molecule has 3 rings (SSSR count). The third-order valence-corrected chi connectivity index (χ3v) is 4.50. The average molecular weight is 334 g/mol. The molecular weight excluding hydrogens is 316 g/mol. The summed E-state index contributed by atoms with van der Waals surface area (Å²) >= 11 is 1.59. The number of nitrogens with zero attached hydrogens (tertiary/aromatic N) is 2. The lowest BCUT2D eigenvalue weighted by atomic mass is 10.1. The summed E-state index contributed by atoms with van der Waals surface area (Å²) in [6, 6.07) is 5.25. The van der Waals surface area contributed by atoms with Crippen molar-refractivity contribution in [3.63, 3.8) is 0 Å². The highest BCUT2D eigenvalue weighted by Gasteiger charge is 2.21. The molecule has 122 valence electrons. The van der Waals surface area contributed by atoms with Crippen LogP contribution < -0.4 is 4.74 Å². The van der Waals surface area contributed by atoms with Gasteiger partial charge in [0.15, 0.2) is 0 Å². The number of thiazole rings is 1. The van der Waals surface area contributed by atoms with Gasteiger partial charge in [-0.15, -0.1) is 11.3 Å². The first-order valence-corrected chi connectivity index (χ1v) is 8.18. The van der Waals surface area contributed by atoms with E-state index in [0.717, 1.165) is 22.8 Å². The third kappa shape index (κ3) is 3.69. The summed E-state index contributed by atoms with van der Waals surface area (Å²) in [6.07, 6.45) is 0. The number of hydrogen-bond donors (Lipinski definition) is 1. The maximum atomic E-state index is 11.3. The number of aromatic nitrogens is 1. The van der Waals surface area contributed by atoms with Crippen LogP contribution in [0.2, 0.25) is 0 Å². The summed E-state index contributed by atoms with van der Waals surface area (Å²) in [6.45, 7) is 3.07. The van der Waals surface area contributed by atoms with Gasteiger partial charge in [0.05, 0.1) is 12.3 Å². The number of ether oxygens (including phenoxy) is 2. The molecule has 0 spiro atoms. The Hall–Kier alpha value is -1.96. The van der Waals surface area contributed by atoms with Crippen molar-refractivity contribution < 1.29 is 19.4 Å². The number of carbonyl (C=O) groups is 1. The predicted octanol–water partition coefficient (Wildman–Crippen LogP) is 2.38. The number of para-hydroxylation sites is 1. The second-order valence-electron chi connectivity index (χ2n) is 5.32. The van der Waals surface area contributed by atoms with Crippen molar-refractivity contribution in [2.24, 2.45) is 0 Å². The molecule has 6 nitrogen and oxygen atoms in total. The zero-order valence-electron chi connectivity index (χ0n) is 12.8. The number of carboxylic acid groups (broad SMARTS) is 1. The second-order valence-corrected chi connectivity index (χ2v) is 6.27. The fraction of sp³-hybridized carbons (Fsp3) is 0.375. The maximum Gasteiger partial charge on any atom is 0.339 e. The van der Waals surface area contributed by atoms with E-state index in [1.54, 1.807) is 30.6 Å². The first-order valence-electron chi connectivity index (χ1n) is 7.30. The van der Waals surface area contributed by atoms with Gasteiger partial charge in [-0.1, -0.05) is 12.1 Å². The smallest absolute Gasteiger partial charge is 0.339 e. The summed E-state index contributed by atoms with van der Waals surface area (Å²) in [5.74, 6) is -0.472. The molecule has 0 bridgehead atoms. The zero-order chi connectivity index (χ0) is 16.2. The molecule has 0 radical (unpaired) electrons. The van der Waals surface area contributed by atoms with Crippen LogP contribution in [0.25, 0.3) is 0 Å². The van der Waals surface area contributed by atoms with Crippen LogP contribution in [-0.4, -0.2) is 41.2 Å². The van der Waals surface area contributed by atoms with Crippen molar-refractivity contribution in [3.05, 3.63) is 45.4 Å². The molecule has 2 heterocycles. The number of rotatable bonds is 5. The molecule has 0 amide bonds. The highest BCUT2D eigenvalue weighted by atomic mass is 32.1. The highest BCUT2D eigenvalue weighted by molar-refractivity contribution is 7.09. The number of methoxy groups -OCH3 is 1. The van der Waals surface area contributed by atoms with Crippen molar-refractivity contribution in [1.82, 2.24) is 9.88 Å². The van der Waals surface area contributed by atoms with Gasteiger partial charge in [-0.25, -0.2) is 9.78 Å². The van der Waals surface area contributed by atoms with Gasteiger partial charge in [-0.3, -0.25) is 4.90 Å². The molecule has 2 aromatic rings. The Kier molecular flexibility index (Phi) is 4.90. The Labute approximate surface area is 138 Å². The van der Waals surface area contributed by atoms with Crippen molar-refractivity contribution in [2.75, 3.05) is 20.3 Å². The summed E-state index contributed by atoms with van der Waals surface area (Å²) in [5, 5.41) is 12.3. The van der Waals surface area contributed by atoms with Crippen LogP contribution >= 0.6 is 11.3 Å². The van der Waals surface area contributed by atoms with Crippen LogP contribution in [0, 0.1) is 0 Å². The summed E-state index contributed by atoms with van der Waals surface area (Å²) in [5.41, 5.74) is 2.12. The third-order valence-electron chi connectivity index (χ3n) is 3.63. The van der Waals surface area contributed by atoms with Gasteiger partial charge in [-0.05, 0) is 6.07 Å². The zero-order valence-corrected chi connectivity index (χ0v) is 13.6. The quantitative estimate of drug-likeness (QED) is 0.905. The average Bonchev–Trinajstić information content (AvgIpc) is 2.85. The van der Waals surface area contributed by atoms with Gasteiger partial charge in [0.1, 0.15) is 22.9 Å². The summed E-state index contributed by atoms with van der Waals surface area (Å²) in [7, 11) is 1.66.